The second-order valence-electron chi connectivity index (χ2n) is 3.23. The molecule has 1 amide bonds. The molecule has 0 aromatic carbocycles. The summed E-state index contributed by atoms with van der Waals surface area (Å²) in [6.07, 6.45) is 1.29. The molecule has 6 heteroatoms. The lowest BCUT2D eigenvalue weighted by molar-refractivity contribution is -0.129. The Morgan fingerprint density at radius 1 is 1.62 bits per heavy atom. The molecule has 0 saturated carbocycles. The molecule has 1 unspecified atom stereocenters. The van der Waals surface area contributed by atoms with Gasteiger partial charge in [-0.05, 0) is 13.3 Å². The van der Waals surface area contributed by atoms with Crippen LogP contribution in [0.2, 0.25) is 0 Å². The molecule has 5 nitrogen and oxygen atoms in total. The van der Waals surface area contributed by atoms with E-state index in [4.69, 9.17) is 0 Å². The Morgan fingerprint density at radius 2 is 2.23 bits per heavy atom. The fourth-order valence-electron chi connectivity index (χ4n) is 1.45. The van der Waals surface area contributed by atoms with Crippen molar-refractivity contribution >= 4 is 14.7 Å². The average molecular weight is 205 g/mol. The topological polar surface area (TPSA) is 70.0 Å². The van der Waals surface area contributed by atoms with Crippen LogP contribution in [-0.2, 0) is 9.22 Å². The Balaban J connectivity index is 2.66. The highest BCUT2D eigenvalue weighted by Crippen LogP contribution is 2.17. The van der Waals surface area contributed by atoms with Crippen molar-refractivity contribution in [2.24, 2.45) is 0 Å². The van der Waals surface area contributed by atoms with Crippen molar-refractivity contribution in [3.63, 3.8) is 0 Å². The highest BCUT2D eigenvalue weighted by atomic mass is 28.4. The number of nitrogens with zero attached hydrogens (tertiary/aromatic N) is 1. The Hall–Kier alpha value is -0.433. The predicted octanol–water partition coefficient (Wildman–Crippen LogP) is -0.894. The monoisotopic (exact) mass is 205 g/mol. The van der Waals surface area contributed by atoms with E-state index in [0.29, 0.717) is 13.0 Å². The first-order chi connectivity index (χ1) is 5.99. The van der Waals surface area contributed by atoms with Crippen LogP contribution in [0.3, 0.4) is 0 Å². The van der Waals surface area contributed by atoms with Gasteiger partial charge in [-0.25, -0.2) is 0 Å². The zero-order valence-corrected chi connectivity index (χ0v) is 8.86. The van der Waals surface area contributed by atoms with Gasteiger partial charge in [-0.2, -0.15) is 0 Å². The number of likely N-dealkylation sites (tertiary alicyclic amines) is 1. The molecule has 0 spiro atoms. The minimum Gasteiger partial charge on any atom is -0.389 e. The molecule has 1 atom stereocenters. The van der Waals surface area contributed by atoms with Gasteiger partial charge in [-0.1, -0.05) is 0 Å². The summed E-state index contributed by atoms with van der Waals surface area (Å²) in [5, 5.41) is 0. The summed E-state index contributed by atoms with van der Waals surface area (Å²) in [5.74, 6) is -0.0236. The lowest BCUT2D eigenvalue weighted by Crippen LogP contribution is -2.57. The van der Waals surface area contributed by atoms with E-state index in [1.807, 2.05) is 0 Å². The van der Waals surface area contributed by atoms with Gasteiger partial charge in [0.25, 0.3) is 0 Å². The van der Waals surface area contributed by atoms with Gasteiger partial charge in [-0.15, -0.1) is 0 Å². The highest BCUT2D eigenvalue weighted by molar-refractivity contribution is 6.59. The van der Waals surface area contributed by atoms with E-state index in [9.17, 15) is 14.4 Å². The minimum atomic E-state index is -3.68. The number of hydrogen-bond acceptors (Lipinski definition) is 4. The van der Waals surface area contributed by atoms with Crippen molar-refractivity contribution in [1.29, 1.82) is 0 Å². The highest BCUT2D eigenvalue weighted by Gasteiger charge is 2.45. The molecule has 0 bridgehead atoms. The van der Waals surface area contributed by atoms with Crippen LogP contribution in [0.4, 0.5) is 0 Å². The van der Waals surface area contributed by atoms with E-state index in [1.165, 1.54) is 12.0 Å². The van der Waals surface area contributed by atoms with Crippen LogP contribution >= 0.6 is 0 Å². The summed E-state index contributed by atoms with van der Waals surface area (Å²) in [7, 11) is -2.43. The van der Waals surface area contributed by atoms with Crippen LogP contribution in [0.25, 0.3) is 0 Å². The SMILES string of the molecule is CO[Si](O)(O)C(C)N1CCCC1=O. The zero-order chi connectivity index (χ0) is 10.1. The van der Waals surface area contributed by atoms with Gasteiger partial charge in [0, 0.05) is 20.1 Å². The van der Waals surface area contributed by atoms with Crippen LogP contribution in [0.5, 0.6) is 0 Å². The quantitative estimate of drug-likeness (QED) is 0.586. The molecule has 1 aliphatic rings. The second-order valence-corrected chi connectivity index (χ2v) is 5.79. The molecule has 1 heterocycles. The number of carbonyl (C=O) groups is 1. The van der Waals surface area contributed by atoms with Crippen molar-refractivity contribution < 1.29 is 18.8 Å². The third-order valence-corrected chi connectivity index (χ3v) is 4.42. The van der Waals surface area contributed by atoms with E-state index in [0.717, 1.165) is 6.42 Å². The standard InChI is InChI=1S/C7H15NO4Si/c1-6(13(10,11)12-2)8-5-3-4-7(8)9/h6,10-11H,3-5H2,1-2H3. The van der Waals surface area contributed by atoms with Crippen LogP contribution in [0, 0.1) is 0 Å². The van der Waals surface area contributed by atoms with Crippen molar-refractivity contribution in [3.8, 4) is 0 Å². The Morgan fingerprint density at radius 3 is 2.62 bits per heavy atom. The maximum Gasteiger partial charge on any atom is 0.518 e. The Labute approximate surface area is 78.3 Å². The molecule has 2 N–H and O–H groups in total. The Bertz CT molecular complexity index is 209. The van der Waals surface area contributed by atoms with E-state index in [2.05, 4.69) is 4.43 Å². The van der Waals surface area contributed by atoms with E-state index < -0.39 is 14.5 Å². The fourth-order valence-corrected chi connectivity index (χ4v) is 2.47. The van der Waals surface area contributed by atoms with E-state index in [1.54, 1.807) is 6.92 Å². The maximum atomic E-state index is 11.2. The summed E-state index contributed by atoms with van der Waals surface area (Å²) < 4.78 is 4.62. The first kappa shape index (κ1) is 10.6. The van der Waals surface area contributed by atoms with Gasteiger partial charge < -0.3 is 18.9 Å². The van der Waals surface area contributed by atoms with Crippen LogP contribution in [0.1, 0.15) is 19.8 Å². The smallest absolute Gasteiger partial charge is 0.389 e. The molecular formula is C7H15NO4Si. The third kappa shape index (κ3) is 2.08. The second kappa shape index (κ2) is 3.75. The maximum absolute atomic E-state index is 11.2. The van der Waals surface area contributed by atoms with E-state index >= 15 is 0 Å². The number of carbonyl (C=O) groups excluding carboxylic acids is 1. The largest absolute Gasteiger partial charge is 0.518 e. The van der Waals surface area contributed by atoms with E-state index in [-0.39, 0.29) is 5.91 Å². The number of amides is 1. The first-order valence-corrected chi connectivity index (χ1v) is 6.16. The summed E-state index contributed by atoms with van der Waals surface area (Å²) in [4.78, 5) is 31.6. The van der Waals surface area contributed by atoms with Crippen molar-refractivity contribution in [1.82, 2.24) is 4.90 Å². The molecule has 76 valence electrons. The minimum absolute atomic E-state index is 0.0236. The molecule has 0 aromatic rings. The molecule has 13 heavy (non-hydrogen) atoms. The lowest BCUT2D eigenvalue weighted by atomic mass is 10.4. The van der Waals surface area contributed by atoms with Crippen molar-refractivity contribution in [2.75, 3.05) is 13.7 Å². The zero-order valence-electron chi connectivity index (χ0n) is 7.86. The van der Waals surface area contributed by atoms with Gasteiger partial charge in [-0.3, -0.25) is 4.79 Å². The van der Waals surface area contributed by atoms with Gasteiger partial charge in [0.2, 0.25) is 5.91 Å². The summed E-state index contributed by atoms with van der Waals surface area (Å²) in [6, 6.07) is 0. The molecule has 1 rings (SSSR count). The predicted molar refractivity (Wildman–Crippen MR) is 47.6 cm³/mol. The molecule has 1 aliphatic heterocycles. The first-order valence-electron chi connectivity index (χ1n) is 4.28. The molecule has 0 radical (unpaired) electrons. The third-order valence-electron chi connectivity index (χ3n) is 2.42. The number of hydrogen-bond donors (Lipinski definition) is 2. The fraction of sp³-hybridized carbons (Fsp3) is 0.857. The Kier molecular flexibility index (Phi) is 3.07. The van der Waals surface area contributed by atoms with Crippen molar-refractivity contribution in [2.45, 2.75) is 25.4 Å². The average Bonchev–Trinajstić information content (AvgIpc) is 2.50. The molecule has 1 fully saturated rings. The molecule has 1 saturated heterocycles. The van der Waals surface area contributed by atoms with Crippen LogP contribution in [0.15, 0.2) is 0 Å². The summed E-state index contributed by atoms with van der Waals surface area (Å²) >= 11 is 0. The lowest BCUT2D eigenvalue weighted by Gasteiger charge is -2.30. The molecular weight excluding hydrogens is 190 g/mol. The molecule has 0 aliphatic carbocycles. The van der Waals surface area contributed by atoms with Crippen molar-refractivity contribution in [3.05, 3.63) is 0 Å². The summed E-state index contributed by atoms with van der Waals surface area (Å²) in [6.45, 7) is 2.21. The molecule has 0 aromatic heterocycles. The van der Waals surface area contributed by atoms with Gasteiger partial charge in [0.1, 0.15) is 0 Å². The van der Waals surface area contributed by atoms with Crippen LogP contribution < -0.4 is 0 Å². The normalized spacial score (nSPS) is 20.9. The van der Waals surface area contributed by atoms with Gasteiger partial charge >= 0.3 is 8.80 Å². The summed E-state index contributed by atoms with van der Waals surface area (Å²) in [5.41, 5.74) is -0.590. The van der Waals surface area contributed by atoms with Gasteiger partial charge in [0.15, 0.2) is 0 Å². The number of rotatable bonds is 3. The van der Waals surface area contributed by atoms with Crippen LogP contribution in [-0.4, -0.2) is 48.5 Å². The van der Waals surface area contributed by atoms with Gasteiger partial charge in [0.05, 0.1) is 5.67 Å².